The lowest BCUT2D eigenvalue weighted by molar-refractivity contribution is -0.136. The molecular weight excluding hydrogens is 196 g/mol. The van der Waals surface area contributed by atoms with E-state index in [1.54, 1.807) is 11.9 Å². The van der Waals surface area contributed by atoms with Crippen molar-refractivity contribution < 1.29 is 14.3 Å². The van der Waals surface area contributed by atoms with Crippen LogP contribution in [0.3, 0.4) is 0 Å². The molecule has 0 aliphatic carbocycles. The standard InChI is InChI=1S/C10H20N2O3/c1-3-12(2)10(13)8-14-7-9-6-11-4-5-15-9/h9,11H,3-8H2,1-2H3. The van der Waals surface area contributed by atoms with Crippen molar-refractivity contribution in [3.05, 3.63) is 0 Å². The molecule has 1 N–H and O–H groups in total. The molecule has 1 amide bonds. The van der Waals surface area contributed by atoms with E-state index in [9.17, 15) is 4.79 Å². The molecule has 1 unspecified atom stereocenters. The van der Waals surface area contributed by atoms with Crippen LogP contribution in [0.4, 0.5) is 0 Å². The van der Waals surface area contributed by atoms with Crippen LogP contribution in [-0.4, -0.2) is 63.4 Å². The van der Waals surface area contributed by atoms with Crippen molar-refractivity contribution >= 4 is 5.91 Å². The van der Waals surface area contributed by atoms with Crippen molar-refractivity contribution in [2.24, 2.45) is 0 Å². The van der Waals surface area contributed by atoms with Crippen LogP contribution in [0.15, 0.2) is 0 Å². The molecule has 0 spiro atoms. The Hall–Kier alpha value is -0.650. The van der Waals surface area contributed by atoms with Crippen LogP contribution in [0.5, 0.6) is 0 Å². The number of nitrogens with one attached hydrogen (secondary N) is 1. The minimum Gasteiger partial charge on any atom is -0.373 e. The predicted molar refractivity (Wildman–Crippen MR) is 56.7 cm³/mol. The van der Waals surface area contributed by atoms with Gasteiger partial charge in [-0.25, -0.2) is 0 Å². The summed E-state index contributed by atoms with van der Waals surface area (Å²) in [6.45, 7) is 5.69. The molecule has 1 aliphatic heterocycles. The third-order valence-corrected chi connectivity index (χ3v) is 2.43. The fourth-order valence-electron chi connectivity index (χ4n) is 1.29. The van der Waals surface area contributed by atoms with E-state index in [1.807, 2.05) is 6.92 Å². The average Bonchev–Trinajstić information content (AvgIpc) is 2.29. The quantitative estimate of drug-likeness (QED) is 0.671. The number of nitrogens with zero attached hydrogens (tertiary/aromatic N) is 1. The topological polar surface area (TPSA) is 50.8 Å². The van der Waals surface area contributed by atoms with Gasteiger partial charge in [0.05, 0.1) is 19.3 Å². The first kappa shape index (κ1) is 12.4. The van der Waals surface area contributed by atoms with E-state index in [1.165, 1.54) is 0 Å². The van der Waals surface area contributed by atoms with Gasteiger partial charge in [-0.2, -0.15) is 0 Å². The smallest absolute Gasteiger partial charge is 0.248 e. The summed E-state index contributed by atoms with van der Waals surface area (Å²) in [6, 6.07) is 0. The predicted octanol–water partition coefficient (Wildman–Crippen LogP) is -0.530. The van der Waals surface area contributed by atoms with Gasteiger partial charge < -0.3 is 19.7 Å². The maximum absolute atomic E-state index is 11.4. The molecule has 1 rings (SSSR count). The molecular formula is C10H20N2O3. The third kappa shape index (κ3) is 4.59. The van der Waals surface area contributed by atoms with E-state index in [0.29, 0.717) is 13.2 Å². The Balaban J connectivity index is 2.07. The third-order valence-electron chi connectivity index (χ3n) is 2.43. The van der Waals surface area contributed by atoms with Crippen LogP contribution in [0.25, 0.3) is 0 Å². The molecule has 0 radical (unpaired) electrons. The molecule has 5 heteroatoms. The van der Waals surface area contributed by atoms with Crippen molar-refractivity contribution in [3.8, 4) is 0 Å². The summed E-state index contributed by atoms with van der Waals surface area (Å²) in [4.78, 5) is 13.0. The van der Waals surface area contributed by atoms with Crippen molar-refractivity contribution in [1.82, 2.24) is 10.2 Å². The van der Waals surface area contributed by atoms with Crippen LogP contribution in [0, 0.1) is 0 Å². The first-order valence-electron chi connectivity index (χ1n) is 5.38. The number of amides is 1. The van der Waals surface area contributed by atoms with Crippen LogP contribution in [-0.2, 0) is 14.3 Å². The number of likely N-dealkylation sites (N-methyl/N-ethyl adjacent to an activating group) is 1. The summed E-state index contributed by atoms with van der Waals surface area (Å²) < 4.78 is 10.7. The minimum atomic E-state index is 0.0151. The molecule has 0 bridgehead atoms. The molecule has 88 valence electrons. The normalized spacial score (nSPS) is 21.3. The largest absolute Gasteiger partial charge is 0.373 e. The first-order chi connectivity index (χ1) is 7.24. The SMILES string of the molecule is CCN(C)C(=O)COCC1CNCCO1. The van der Waals surface area contributed by atoms with Crippen molar-refractivity contribution in [2.75, 3.05) is 46.5 Å². The van der Waals surface area contributed by atoms with Crippen molar-refractivity contribution in [3.63, 3.8) is 0 Å². The number of ether oxygens (including phenoxy) is 2. The molecule has 0 aromatic heterocycles. The van der Waals surface area contributed by atoms with E-state index in [4.69, 9.17) is 9.47 Å². The molecule has 1 atom stereocenters. The summed E-state index contributed by atoms with van der Waals surface area (Å²) in [5.41, 5.74) is 0. The highest BCUT2D eigenvalue weighted by atomic mass is 16.5. The monoisotopic (exact) mass is 216 g/mol. The number of morpholine rings is 1. The van der Waals surface area contributed by atoms with Gasteiger partial charge in [0.2, 0.25) is 5.91 Å². The lowest BCUT2D eigenvalue weighted by Crippen LogP contribution is -2.41. The first-order valence-corrected chi connectivity index (χ1v) is 5.38. The van der Waals surface area contributed by atoms with Crippen molar-refractivity contribution in [2.45, 2.75) is 13.0 Å². The second kappa shape index (κ2) is 6.76. The van der Waals surface area contributed by atoms with Crippen LogP contribution < -0.4 is 5.32 Å². The van der Waals surface area contributed by atoms with E-state index in [2.05, 4.69) is 5.32 Å². The lowest BCUT2D eigenvalue weighted by Gasteiger charge is -2.23. The van der Waals surface area contributed by atoms with Gasteiger partial charge in [0, 0.05) is 26.7 Å². The van der Waals surface area contributed by atoms with Gasteiger partial charge in [-0.05, 0) is 6.92 Å². The summed E-state index contributed by atoms with van der Waals surface area (Å²) in [7, 11) is 1.77. The number of hydrogen-bond acceptors (Lipinski definition) is 4. The van der Waals surface area contributed by atoms with Gasteiger partial charge in [-0.15, -0.1) is 0 Å². The Morgan fingerprint density at radius 2 is 2.47 bits per heavy atom. The Kier molecular flexibility index (Phi) is 5.60. The molecule has 1 fully saturated rings. The maximum Gasteiger partial charge on any atom is 0.248 e. The Labute approximate surface area is 90.7 Å². The van der Waals surface area contributed by atoms with Crippen LogP contribution in [0.1, 0.15) is 6.92 Å². The minimum absolute atomic E-state index is 0.0151. The molecule has 1 aliphatic rings. The molecule has 5 nitrogen and oxygen atoms in total. The molecule has 1 saturated heterocycles. The number of hydrogen-bond donors (Lipinski definition) is 1. The fraction of sp³-hybridized carbons (Fsp3) is 0.900. The van der Waals surface area contributed by atoms with E-state index in [-0.39, 0.29) is 18.6 Å². The van der Waals surface area contributed by atoms with E-state index < -0.39 is 0 Å². The Bertz CT molecular complexity index is 193. The number of carbonyl (C=O) groups is 1. The summed E-state index contributed by atoms with van der Waals surface area (Å²) in [5, 5.41) is 3.21. The van der Waals surface area contributed by atoms with Crippen LogP contribution >= 0.6 is 0 Å². The summed E-state index contributed by atoms with van der Waals surface area (Å²) >= 11 is 0. The van der Waals surface area contributed by atoms with Gasteiger partial charge in [-0.1, -0.05) is 0 Å². The highest BCUT2D eigenvalue weighted by molar-refractivity contribution is 5.77. The zero-order valence-corrected chi connectivity index (χ0v) is 9.49. The fourth-order valence-corrected chi connectivity index (χ4v) is 1.29. The van der Waals surface area contributed by atoms with Gasteiger partial charge in [-0.3, -0.25) is 4.79 Å². The highest BCUT2D eigenvalue weighted by Crippen LogP contribution is 1.97. The Morgan fingerprint density at radius 3 is 3.07 bits per heavy atom. The lowest BCUT2D eigenvalue weighted by atomic mass is 10.3. The molecule has 1 heterocycles. The van der Waals surface area contributed by atoms with E-state index in [0.717, 1.165) is 19.7 Å². The zero-order chi connectivity index (χ0) is 11.1. The molecule has 0 aromatic rings. The maximum atomic E-state index is 11.4. The van der Waals surface area contributed by atoms with E-state index >= 15 is 0 Å². The zero-order valence-electron chi connectivity index (χ0n) is 9.49. The van der Waals surface area contributed by atoms with Gasteiger partial charge in [0.1, 0.15) is 6.61 Å². The number of rotatable bonds is 5. The van der Waals surface area contributed by atoms with Gasteiger partial charge in [0.25, 0.3) is 0 Å². The molecule has 0 aromatic carbocycles. The van der Waals surface area contributed by atoms with Gasteiger partial charge in [0.15, 0.2) is 0 Å². The second-order valence-corrected chi connectivity index (χ2v) is 3.62. The summed E-state index contributed by atoms with van der Waals surface area (Å²) in [6.07, 6.45) is 0.0819. The van der Waals surface area contributed by atoms with Crippen LogP contribution in [0.2, 0.25) is 0 Å². The molecule has 0 saturated carbocycles. The Morgan fingerprint density at radius 1 is 1.67 bits per heavy atom. The number of carbonyl (C=O) groups excluding carboxylic acids is 1. The highest BCUT2D eigenvalue weighted by Gasteiger charge is 2.14. The average molecular weight is 216 g/mol. The summed E-state index contributed by atoms with van der Waals surface area (Å²) in [5.74, 6) is 0.0151. The van der Waals surface area contributed by atoms with Crippen molar-refractivity contribution in [1.29, 1.82) is 0 Å². The van der Waals surface area contributed by atoms with Gasteiger partial charge >= 0.3 is 0 Å². The second-order valence-electron chi connectivity index (χ2n) is 3.62. The molecule has 15 heavy (non-hydrogen) atoms.